The van der Waals surface area contributed by atoms with E-state index in [0.717, 1.165) is 19.6 Å². The number of aliphatic hydroxyl groups is 1. The lowest BCUT2D eigenvalue weighted by Gasteiger charge is -2.43. The second-order valence-corrected chi connectivity index (χ2v) is 7.64. The highest BCUT2D eigenvalue weighted by Crippen LogP contribution is 2.36. The van der Waals surface area contributed by atoms with Crippen LogP contribution in [-0.4, -0.2) is 61.5 Å². The minimum Gasteiger partial charge on any atom is -0.389 e. The minimum absolute atomic E-state index is 0.350. The third kappa shape index (κ3) is 5.20. The number of hydrogen-bond acceptors (Lipinski definition) is 4. The van der Waals surface area contributed by atoms with E-state index in [1.165, 1.54) is 38.5 Å². The second kappa shape index (κ2) is 7.91. The van der Waals surface area contributed by atoms with Gasteiger partial charge in [0, 0.05) is 25.7 Å². The van der Waals surface area contributed by atoms with Crippen molar-refractivity contribution in [3.8, 4) is 0 Å². The number of aliphatic hydroxyl groups excluding tert-OH is 1. The number of hydrogen-bond donors (Lipinski definition) is 2. The topological polar surface area (TPSA) is 44.7 Å². The van der Waals surface area contributed by atoms with Crippen molar-refractivity contribution in [3.63, 3.8) is 0 Å². The molecule has 2 rings (SSSR count). The van der Waals surface area contributed by atoms with Crippen LogP contribution < -0.4 is 5.32 Å². The lowest BCUT2D eigenvalue weighted by atomic mass is 9.73. The van der Waals surface area contributed by atoms with Crippen LogP contribution in [0.1, 0.15) is 52.4 Å². The average Bonchev–Trinajstić information content (AvgIpc) is 2.43. The fourth-order valence-electron chi connectivity index (χ4n) is 3.91. The third-order valence-corrected chi connectivity index (χ3v) is 5.36. The zero-order valence-electron chi connectivity index (χ0n) is 14.1. The fourth-order valence-corrected chi connectivity index (χ4v) is 3.91. The summed E-state index contributed by atoms with van der Waals surface area (Å²) in [5, 5.41) is 13.7. The molecule has 2 unspecified atom stereocenters. The Bertz CT molecular complexity index is 301. The van der Waals surface area contributed by atoms with Gasteiger partial charge in [-0.2, -0.15) is 0 Å². The summed E-state index contributed by atoms with van der Waals surface area (Å²) in [5.41, 5.74) is 0.448. The smallest absolute Gasteiger partial charge is 0.0900 e. The molecule has 1 saturated carbocycles. The van der Waals surface area contributed by atoms with Crippen molar-refractivity contribution in [2.24, 2.45) is 5.41 Å². The van der Waals surface area contributed by atoms with Crippen LogP contribution >= 0.6 is 0 Å². The average molecular weight is 298 g/mol. The molecule has 1 aliphatic heterocycles. The second-order valence-electron chi connectivity index (χ2n) is 7.64. The van der Waals surface area contributed by atoms with Crippen LogP contribution in [0.5, 0.6) is 0 Å². The van der Waals surface area contributed by atoms with Crippen molar-refractivity contribution >= 4 is 0 Å². The first-order chi connectivity index (χ1) is 10.0. The zero-order chi connectivity index (χ0) is 15.3. The number of likely N-dealkylation sites (tertiary alicyclic amines) is 1. The molecule has 2 N–H and O–H groups in total. The summed E-state index contributed by atoms with van der Waals surface area (Å²) in [6, 6.07) is 1.34. The van der Waals surface area contributed by atoms with Gasteiger partial charge in [0.15, 0.2) is 0 Å². The Hall–Kier alpha value is -0.160. The molecule has 0 spiro atoms. The quantitative estimate of drug-likeness (QED) is 0.787. The largest absolute Gasteiger partial charge is 0.389 e. The maximum atomic E-state index is 9.81. The van der Waals surface area contributed by atoms with E-state index in [-0.39, 0.29) is 6.10 Å². The molecule has 1 heterocycles. The van der Waals surface area contributed by atoms with Gasteiger partial charge in [-0.1, -0.05) is 26.7 Å². The molecular weight excluding hydrogens is 264 g/mol. The molecule has 0 aromatic heterocycles. The normalized spacial score (nSPS) is 29.4. The SMILES string of the molecule is COCC(O)CN1CCC(NC2CCCCC2(C)C)CC1. The Morgan fingerprint density at radius 1 is 1.24 bits per heavy atom. The van der Waals surface area contributed by atoms with Crippen molar-refractivity contribution in [2.45, 2.75) is 70.6 Å². The molecule has 21 heavy (non-hydrogen) atoms. The number of methoxy groups -OCH3 is 1. The molecule has 4 heteroatoms. The summed E-state index contributed by atoms with van der Waals surface area (Å²) < 4.78 is 5.00. The van der Waals surface area contributed by atoms with Crippen molar-refractivity contribution in [3.05, 3.63) is 0 Å². The number of nitrogens with one attached hydrogen (secondary N) is 1. The number of β-amino-alcohol motifs (C(OH)–C–C–N with tert-alkyl or cyclic N) is 1. The van der Waals surface area contributed by atoms with Crippen LogP contribution in [0.4, 0.5) is 0 Å². The summed E-state index contributed by atoms with van der Waals surface area (Å²) in [6.07, 6.45) is 7.51. The van der Waals surface area contributed by atoms with Gasteiger partial charge in [0.2, 0.25) is 0 Å². The van der Waals surface area contributed by atoms with Crippen molar-refractivity contribution in [1.29, 1.82) is 0 Å². The third-order valence-electron chi connectivity index (χ3n) is 5.36. The van der Waals surface area contributed by atoms with E-state index in [2.05, 4.69) is 24.1 Å². The molecule has 4 nitrogen and oxygen atoms in total. The number of piperidine rings is 1. The van der Waals surface area contributed by atoms with Crippen LogP contribution in [0.2, 0.25) is 0 Å². The van der Waals surface area contributed by atoms with Crippen LogP contribution in [0.15, 0.2) is 0 Å². The molecule has 0 aromatic rings. The lowest BCUT2D eigenvalue weighted by Crippen LogP contribution is -2.52. The molecule has 0 aromatic carbocycles. The van der Waals surface area contributed by atoms with E-state index in [9.17, 15) is 5.11 Å². The van der Waals surface area contributed by atoms with Crippen LogP contribution in [0.25, 0.3) is 0 Å². The minimum atomic E-state index is -0.350. The van der Waals surface area contributed by atoms with E-state index >= 15 is 0 Å². The Morgan fingerprint density at radius 3 is 2.57 bits per heavy atom. The summed E-state index contributed by atoms with van der Waals surface area (Å²) in [5.74, 6) is 0. The van der Waals surface area contributed by atoms with Crippen molar-refractivity contribution in [1.82, 2.24) is 10.2 Å². The van der Waals surface area contributed by atoms with Crippen LogP contribution in [-0.2, 0) is 4.74 Å². The van der Waals surface area contributed by atoms with E-state index in [4.69, 9.17) is 4.74 Å². The summed E-state index contributed by atoms with van der Waals surface area (Å²) in [4.78, 5) is 2.37. The summed E-state index contributed by atoms with van der Waals surface area (Å²) in [7, 11) is 1.64. The van der Waals surface area contributed by atoms with Gasteiger partial charge in [-0.05, 0) is 44.2 Å². The zero-order valence-corrected chi connectivity index (χ0v) is 14.1. The monoisotopic (exact) mass is 298 g/mol. The molecular formula is C17H34N2O2. The molecule has 124 valence electrons. The molecule has 2 fully saturated rings. The molecule has 0 bridgehead atoms. The Kier molecular flexibility index (Phi) is 6.48. The molecule has 2 aliphatic rings. The van der Waals surface area contributed by atoms with Gasteiger partial charge in [-0.3, -0.25) is 0 Å². The molecule has 1 saturated heterocycles. The predicted octanol–water partition coefficient (Wildman–Crippen LogP) is 2.02. The number of nitrogens with zero attached hydrogens (tertiary/aromatic N) is 1. The summed E-state index contributed by atoms with van der Waals surface area (Å²) >= 11 is 0. The predicted molar refractivity (Wildman–Crippen MR) is 86.5 cm³/mol. The first kappa shape index (κ1) is 17.2. The van der Waals surface area contributed by atoms with Gasteiger partial charge < -0.3 is 20.1 Å². The van der Waals surface area contributed by atoms with Gasteiger partial charge in [0.05, 0.1) is 12.7 Å². The Morgan fingerprint density at radius 2 is 1.95 bits per heavy atom. The number of ether oxygens (including phenoxy) is 1. The standard InChI is InChI=1S/C17H34N2O2/c1-17(2)9-5-4-6-16(17)18-14-7-10-19(11-8-14)12-15(20)13-21-3/h14-16,18,20H,4-13H2,1-3H3. The molecule has 0 radical (unpaired) electrons. The van der Waals surface area contributed by atoms with Crippen molar-refractivity contribution < 1.29 is 9.84 Å². The van der Waals surface area contributed by atoms with Gasteiger partial charge in [0.1, 0.15) is 0 Å². The van der Waals surface area contributed by atoms with E-state index in [1.54, 1.807) is 7.11 Å². The first-order valence-corrected chi connectivity index (χ1v) is 8.66. The van der Waals surface area contributed by atoms with Gasteiger partial charge in [-0.25, -0.2) is 0 Å². The molecule has 0 amide bonds. The van der Waals surface area contributed by atoms with Crippen LogP contribution in [0, 0.1) is 5.41 Å². The van der Waals surface area contributed by atoms with Gasteiger partial charge in [-0.15, -0.1) is 0 Å². The van der Waals surface area contributed by atoms with Crippen molar-refractivity contribution in [2.75, 3.05) is 33.4 Å². The van der Waals surface area contributed by atoms with E-state index in [0.29, 0.717) is 24.1 Å². The Balaban J connectivity index is 1.71. The van der Waals surface area contributed by atoms with E-state index in [1.807, 2.05) is 0 Å². The molecule has 2 atom stereocenters. The maximum absolute atomic E-state index is 9.81. The number of rotatable bonds is 6. The highest BCUT2D eigenvalue weighted by molar-refractivity contribution is 4.91. The van der Waals surface area contributed by atoms with Gasteiger partial charge >= 0.3 is 0 Å². The molecule has 1 aliphatic carbocycles. The lowest BCUT2D eigenvalue weighted by molar-refractivity contribution is 0.0292. The maximum Gasteiger partial charge on any atom is 0.0900 e. The first-order valence-electron chi connectivity index (χ1n) is 8.66. The summed E-state index contributed by atoms with van der Waals surface area (Å²) in [6.45, 7) is 8.20. The fraction of sp³-hybridized carbons (Fsp3) is 1.00. The van der Waals surface area contributed by atoms with Gasteiger partial charge in [0.25, 0.3) is 0 Å². The van der Waals surface area contributed by atoms with Crippen LogP contribution in [0.3, 0.4) is 0 Å². The highest BCUT2D eigenvalue weighted by atomic mass is 16.5. The Labute approximate surface area is 130 Å². The highest BCUT2D eigenvalue weighted by Gasteiger charge is 2.34. The van der Waals surface area contributed by atoms with E-state index < -0.39 is 0 Å².